The molecule has 0 aliphatic rings. The number of benzene rings is 1. The predicted octanol–water partition coefficient (Wildman–Crippen LogP) is 2.89. The van der Waals surface area contributed by atoms with Crippen LogP contribution in [0.2, 0.25) is 0 Å². The van der Waals surface area contributed by atoms with Gasteiger partial charge in [-0.3, -0.25) is 4.68 Å². The fraction of sp³-hybridized carbons (Fsp3) is 0.357. The summed E-state index contributed by atoms with van der Waals surface area (Å²) in [6.07, 6.45) is -3.49. The van der Waals surface area contributed by atoms with E-state index in [1.165, 1.54) is 12.1 Å². The highest BCUT2D eigenvalue weighted by molar-refractivity contribution is 5.45. The maximum atomic E-state index is 12.5. The summed E-state index contributed by atoms with van der Waals surface area (Å²) < 4.78 is 39.0. The smallest absolute Gasteiger partial charge is 0.387 e. The largest absolute Gasteiger partial charge is 0.416 e. The molecule has 0 aliphatic carbocycles. The van der Waals surface area contributed by atoms with Gasteiger partial charge in [0.1, 0.15) is 0 Å². The minimum absolute atomic E-state index is 0.192. The first-order valence-corrected chi connectivity index (χ1v) is 6.36. The molecule has 0 radical (unpaired) electrons. The number of aliphatic hydroxyl groups is 1. The lowest BCUT2D eigenvalue weighted by atomic mass is 10.1. The van der Waals surface area contributed by atoms with Gasteiger partial charge in [0.2, 0.25) is 0 Å². The molecule has 1 aromatic carbocycles. The Morgan fingerprint density at radius 3 is 2.38 bits per heavy atom. The molecule has 0 fully saturated rings. The zero-order valence-electron chi connectivity index (χ0n) is 11.6. The molecule has 114 valence electrons. The molecular weight excluding hydrogens is 283 g/mol. The maximum Gasteiger partial charge on any atom is 0.416 e. The average Bonchev–Trinajstić information content (AvgIpc) is 2.73. The third-order valence-corrected chi connectivity index (χ3v) is 3.12. The second-order valence-corrected chi connectivity index (χ2v) is 4.82. The first kappa shape index (κ1) is 15.4. The van der Waals surface area contributed by atoms with E-state index in [2.05, 4.69) is 10.4 Å². The standard InChI is InChI=1S/C14H16F3N3O/c1-9-12(8-20(2)19-9)18-7-13(21)10-3-5-11(6-4-10)14(15,16)17/h3-6,8,13,18,21H,7H2,1-2H3. The lowest BCUT2D eigenvalue weighted by Gasteiger charge is -2.14. The molecule has 0 bridgehead atoms. The van der Waals surface area contributed by atoms with Gasteiger partial charge in [-0.2, -0.15) is 18.3 Å². The predicted molar refractivity (Wildman–Crippen MR) is 72.8 cm³/mol. The molecule has 21 heavy (non-hydrogen) atoms. The molecule has 1 unspecified atom stereocenters. The number of aryl methyl sites for hydroxylation is 2. The first-order valence-electron chi connectivity index (χ1n) is 6.36. The van der Waals surface area contributed by atoms with Crippen molar-refractivity contribution in [3.05, 3.63) is 47.3 Å². The summed E-state index contributed by atoms with van der Waals surface area (Å²) in [4.78, 5) is 0. The van der Waals surface area contributed by atoms with Crippen molar-refractivity contribution in [3.8, 4) is 0 Å². The lowest BCUT2D eigenvalue weighted by Crippen LogP contribution is -2.13. The number of nitrogens with zero attached hydrogens (tertiary/aromatic N) is 2. The Hall–Kier alpha value is -2.02. The first-order chi connectivity index (χ1) is 9.77. The van der Waals surface area contributed by atoms with E-state index in [4.69, 9.17) is 0 Å². The number of rotatable bonds is 4. The topological polar surface area (TPSA) is 50.1 Å². The minimum atomic E-state index is -4.37. The van der Waals surface area contributed by atoms with E-state index >= 15 is 0 Å². The van der Waals surface area contributed by atoms with Gasteiger partial charge in [0, 0.05) is 19.8 Å². The fourth-order valence-electron chi connectivity index (χ4n) is 1.99. The van der Waals surface area contributed by atoms with Crippen LogP contribution in [-0.2, 0) is 13.2 Å². The van der Waals surface area contributed by atoms with Crippen molar-refractivity contribution in [2.75, 3.05) is 11.9 Å². The van der Waals surface area contributed by atoms with E-state index in [1.54, 1.807) is 17.9 Å². The van der Waals surface area contributed by atoms with Gasteiger partial charge in [-0.15, -0.1) is 0 Å². The number of aliphatic hydroxyl groups excluding tert-OH is 1. The summed E-state index contributed by atoms with van der Waals surface area (Å²) in [7, 11) is 1.78. The molecule has 2 N–H and O–H groups in total. The van der Waals surface area contributed by atoms with E-state index in [0.29, 0.717) is 5.56 Å². The van der Waals surface area contributed by atoms with Gasteiger partial charge in [-0.05, 0) is 24.6 Å². The number of halogens is 3. The van der Waals surface area contributed by atoms with E-state index in [-0.39, 0.29) is 6.54 Å². The summed E-state index contributed by atoms with van der Waals surface area (Å²) in [5.74, 6) is 0. The van der Waals surface area contributed by atoms with Gasteiger partial charge >= 0.3 is 6.18 Å². The number of alkyl halides is 3. The lowest BCUT2D eigenvalue weighted by molar-refractivity contribution is -0.137. The Kier molecular flexibility index (Phi) is 4.22. The summed E-state index contributed by atoms with van der Waals surface area (Å²) in [6, 6.07) is 4.50. The zero-order chi connectivity index (χ0) is 15.6. The number of nitrogens with one attached hydrogen (secondary N) is 1. The number of anilines is 1. The van der Waals surface area contributed by atoms with Crippen LogP contribution in [0.25, 0.3) is 0 Å². The zero-order valence-corrected chi connectivity index (χ0v) is 11.6. The quantitative estimate of drug-likeness (QED) is 0.912. The van der Waals surface area contributed by atoms with E-state index in [0.717, 1.165) is 23.5 Å². The molecule has 0 aliphatic heterocycles. The van der Waals surface area contributed by atoms with Crippen molar-refractivity contribution in [2.45, 2.75) is 19.2 Å². The highest BCUT2D eigenvalue weighted by Crippen LogP contribution is 2.30. The monoisotopic (exact) mass is 299 g/mol. The molecule has 4 nitrogen and oxygen atoms in total. The van der Waals surface area contributed by atoms with Gasteiger partial charge < -0.3 is 10.4 Å². The van der Waals surface area contributed by atoms with Crippen molar-refractivity contribution in [1.82, 2.24) is 9.78 Å². The molecule has 1 aromatic heterocycles. The van der Waals surface area contributed by atoms with Crippen LogP contribution in [0, 0.1) is 6.92 Å². The van der Waals surface area contributed by atoms with Crippen molar-refractivity contribution in [3.63, 3.8) is 0 Å². The van der Waals surface area contributed by atoms with Gasteiger partial charge in [0.25, 0.3) is 0 Å². The normalized spacial score (nSPS) is 13.2. The molecule has 2 rings (SSSR count). The molecule has 0 saturated heterocycles. The number of hydrogen-bond donors (Lipinski definition) is 2. The summed E-state index contributed by atoms with van der Waals surface area (Å²) in [6.45, 7) is 2.02. The van der Waals surface area contributed by atoms with E-state index in [9.17, 15) is 18.3 Å². The van der Waals surface area contributed by atoms with Crippen LogP contribution >= 0.6 is 0 Å². The summed E-state index contributed by atoms with van der Waals surface area (Å²) >= 11 is 0. The molecule has 0 amide bonds. The van der Waals surface area contributed by atoms with Crippen LogP contribution in [0.4, 0.5) is 18.9 Å². The Morgan fingerprint density at radius 1 is 1.29 bits per heavy atom. The third kappa shape index (κ3) is 3.75. The van der Waals surface area contributed by atoms with Crippen molar-refractivity contribution in [1.29, 1.82) is 0 Å². The Bertz CT molecular complexity index is 605. The second kappa shape index (κ2) is 5.77. The molecular formula is C14H16F3N3O. The Morgan fingerprint density at radius 2 is 1.90 bits per heavy atom. The van der Waals surface area contributed by atoms with Crippen molar-refractivity contribution in [2.24, 2.45) is 7.05 Å². The second-order valence-electron chi connectivity index (χ2n) is 4.82. The minimum Gasteiger partial charge on any atom is -0.387 e. The molecule has 0 spiro atoms. The maximum absolute atomic E-state index is 12.5. The van der Waals surface area contributed by atoms with Crippen LogP contribution in [0.1, 0.15) is 22.9 Å². The van der Waals surface area contributed by atoms with Crippen LogP contribution in [0.5, 0.6) is 0 Å². The van der Waals surface area contributed by atoms with Gasteiger partial charge in [-0.1, -0.05) is 12.1 Å². The molecule has 0 saturated carbocycles. The highest BCUT2D eigenvalue weighted by Gasteiger charge is 2.30. The van der Waals surface area contributed by atoms with Gasteiger partial charge in [0.15, 0.2) is 0 Å². The molecule has 1 heterocycles. The molecule has 2 aromatic rings. The summed E-state index contributed by atoms with van der Waals surface area (Å²) in [5.41, 5.74) is 1.27. The van der Waals surface area contributed by atoms with Gasteiger partial charge in [-0.25, -0.2) is 0 Å². The van der Waals surface area contributed by atoms with Crippen molar-refractivity contribution >= 4 is 5.69 Å². The van der Waals surface area contributed by atoms with E-state index < -0.39 is 17.8 Å². The van der Waals surface area contributed by atoms with Crippen LogP contribution < -0.4 is 5.32 Å². The van der Waals surface area contributed by atoms with Gasteiger partial charge in [0.05, 0.1) is 23.0 Å². The number of aromatic nitrogens is 2. The molecule has 1 atom stereocenters. The molecule has 7 heteroatoms. The highest BCUT2D eigenvalue weighted by atomic mass is 19.4. The van der Waals surface area contributed by atoms with E-state index in [1.807, 2.05) is 6.92 Å². The third-order valence-electron chi connectivity index (χ3n) is 3.12. The van der Waals surface area contributed by atoms with Crippen LogP contribution in [0.15, 0.2) is 30.5 Å². The van der Waals surface area contributed by atoms with Crippen molar-refractivity contribution < 1.29 is 18.3 Å². The Labute approximate surface area is 120 Å². The SMILES string of the molecule is Cc1nn(C)cc1NCC(O)c1ccc(C(F)(F)F)cc1. The Balaban J connectivity index is 2.00. The van der Waals surface area contributed by atoms with Crippen LogP contribution in [0.3, 0.4) is 0 Å². The summed E-state index contributed by atoms with van der Waals surface area (Å²) in [5, 5.41) is 17.2. The number of hydrogen-bond acceptors (Lipinski definition) is 3. The van der Waals surface area contributed by atoms with Crippen LogP contribution in [-0.4, -0.2) is 21.4 Å². The fourth-order valence-corrected chi connectivity index (χ4v) is 1.99. The average molecular weight is 299 g/mol.